The first-order chi connectivity index (χ1) is 11.5. The van der Waals surface area contributed by atoms with E-state index in [2.05, 4.69) is 5.32 Å². The average molecular weight is 343 g/mol. The van der Waals surface area contributed by atoms with E-state index in [4.69, 9.17) is 11.6 Å². The predicted octanol–water partition coefficient (Wildman–Crippen LogP) is 3.11. The van der Waals surface area contributed by atoms with Gasteiger partial charge in [-0.2, -0.15) is 0 Å². The van der Waals surface area contributed by atoms with Crippen molar-refractivity contribution in [3.63, 3.8) is 0 Å². The molecule has 1 N–H and O–H groups in total. The van der Waals surface area contributed by atoms with Gasteiger partial charge in [0.05, 0.1) is 18.2 Å². The normalized spacial score (nSPS) is 17.6. The highest BCUT2D eigenvalue weighted by Crippen LogP contribution is 2.23. The van der Waals surface area contributed by atoms with Crippen LogP contribution in [0.25, 0.3) is 0 Å². The molecule has 124 valence electrons. The first kappa shape index (κ1) is 16.7. The molecule has 2 aromatic carbocycles. The zero-order valence-electron chi connectivity index (χ0n) is 13.5. The summed E-state index contributed by atoms with van der Waals surface area (Å²) in [6, 6.07) is 14.6. The Balaban J connectivity index is 1.59. The molecule has 2 amide bonds. The molecule has 2 aromatic rings. The van der Waals surface area contributed by atoms with Crippen LogP contribution in [0.2, 0.25) is 5.02 Å². The van der Waals surface area contributed by atoms with Crippen LogP contribution in [0.15, 0.2) is 48.5 Å². The monoisotopic (exact) mass is 342 g/mol. The van der Waals surface area contributed by atoms with Crippen molar-refractivity contribution < 1.29 is 9.59 Å². The molecule has 1 saturated heterocycles. The zero-order valence-corrected chi connectivity index (χ0v) is 14.2. The molecule has 5 heteroatoms. The molecule has 0 unspecified atom stereocenters. The molecule has 1 aliphatic heterocycles. The van der Waals surface area contributed by atoms with E-state index in [-0.39, 0.29) is 18.2 Å². The highest BCUT2D eigenvalue weighted by molar-refractivity contribution is 6.30. The van der Waals surface area contributed by atoms with E-state index in [1.807, 2.05) is 43.3 Å². The molecule has 4 nitrogen and oxygen atoms in total. The summed E-state index contributed by atoms with van der Waals surface area (Å²) in [6.07, 6.45) is 0.979. The third-order valence-corrected chi connectivity index (χ3v) is 4.41. The number of benzene rings is 2. The minimum atomic E-state index is -0.453. The molecular formula is C19H19ClN2O2. The van der Waals surface area contributed by atoms with Crippen LogP contribution in [0.4, 0.5) is 5.69 Å². The number of aryl methyl sites for hydroxylation is 1. The van der Waals surface area contributed by atoms with Crippen molar-refractivity contribution in [2.24, 2.45) is 0 Å². The van der Waals surface area contributed by atoms with Crippen LogP contribution in [0.3, 0.4) is 0 Å². The highest BCUT2D eigenvalue weighted by Gasteiger charge is 2.38. The SMILES string of the molecule is Cc1ccc(N2C(=O)C[C@@H](NCCc3ccc(Cl)cc3)C2=O)cc1. The summed E-state index contributed by atoms with van der Waals surface area (Å²) in [6.45, 7) is 2.60. The van der Waals surface area contributed by atoms with Crippen LogP contribution in [0, 0.1) is 6.92 Å². The van der Waals surface area contributed by atoms with Crippen LogP contribution < -0.4 is 10.2 Å². The summed E-state index contributed by atoms with van der Waals surface area (Å²) >= 11 is 5.87. The fraction of sp³-hybridized carbons (Fsp3) is 0.263. The van der Waals surface area contributed by atoms with E-state index < -0.39 is 6.04 Å². The van der Waals surface area contributed by atoms with Crippen LogP contribution in [-0.4, -0.2) is 24.4 Å². The molecule has 1 atom stereocenters. The number of hydrogen-bond donors (Lipinski definition) is 1. The topological polar surface area (TPSA) is 49.4 Å². The quantitative estimate of drug-likeness (QED) is 0.849. The average Bonchev–Trinajstić information content (AvgIpc) is 2.85. The molecule has 3 rings (SSSR count). The molecule has 0 aromatic heterocycles. The van der Waals surface area contributed by atoms with Gasteiger partial charge < -0.3 is 5.32 Å². The van der Waals surface area contributed by atoms with Gasteiger partial charge in [0.1, 0.15) is 0 Å². The lowest BCUT2D eigenvalue weighted by molar-refractivity contribution is -0.121. The molecule has 1 heterocycles. The zero-order chi connectivity index (χ0) is 17.1. The van der Waals surface area contributed by atoms with Crippen LogP contribution in [0.5, 0.6) is 0 Å². The lowest BCUT2D eigenvalue weighted by Crippen LogP contribution is -2.39. The number of carbonyl (C=O) groups is 2. The van der Waals surface area contributed by atoms with Crippen LogP contribution in [-0.2, 0) is 16.0 Å². The van der Waals surface area contributed by atoms with Gasteiger partial charge in [0.25, 0.3) is 5.91 Å². The van der Waals surface area contributed by atoms with Crippen molar-refractivity contribution in [1.29, 1.82) is 0 Å². The third-order valence-electron chi connectivity index (χ3n) is 4.16. The smallest absolute Gasteiger partial charge is 0.251 e. The minimum Gasteiger partial charge on any atom is -0.305 e. The number of carbonyl (C=O) groups excluding carboxylic acids is 2. The highest BCUT2D eigenvalue weighted by atomic mass is 35.5. The van der Waals surface area contributed by atoms with Gasteiger partial charge in [-0.25, -0.2) is 4.90 Å². The Kier molecular flexibility index (Phi) is 4.97. The largest absolute Gasteiger partial charge is 0.305 e. The van der Waals surface area contributed by atoms with Gasteiger partial charge >= 0.3 is 0 Å². The molecular weight excluding hydrogens is 324 g/mol. The lowest BCUT2D eigenvalue weighted by atomic mass is 10.1. The molecule has 0 aliphatic carbocycles. The van der Waals surface area contributed by atoms with Gasteiger partial charge in [-0.15, -0.1) is 0 Å². The number of imide groups is 1. The Labute approximate surface area is 146 Å². The lowest BCUT2D eigenvalue weighted by Gasteiger charge is -2.15. The summed E-state index contributed by atoms with van der Waals surface area (Å²) < 4.78 is 0. The maximum atomic E-state index is 12.5. The first-order valence-corrected chi connectivity index (χ1v) is 8.34. The van der Waals surface area contributed by atoms with Gasteiger partial charge in [-0.3, -0.25) is 9.59 Å². The summed E-state index contributed by atoms with van der Waals surface area (Å²) in [5.41, 5.74) is 2.87. The van der Waals surface area contributed by atoms with E-state index in [1.165, 1.54) is 4.90 Å². The molecule has 0 radical (unpaired) electrons. The van der Waals surface area contributed by atoms with Crippen LogP contribution in [0.1, 0.15) is 17.5 Å². The van der Waals surface area contributed by atoms with Crippen LogP contribution >= 0.6 is 11.6 Å². The third kappa shape index (κ3) is 3.66. The fourth-order valence-electron chi connectivity index (χ4n) is 2.80. The summed E-state index contributed by atoms with van der Waals surface area (Å²) in [7, 11) is 0. The van der Waals surface area contributed by atoms with Gasteiger partial charge in [-0.05, 0) is 49.7 Å². The number of amides is 2. The van der Waals surface area contributed by atoms with Gasteiger partial charge in [0, 0.05) is 5.02 Å². The number of halogens is 1. The van der Waals surface area contributed by atoms with E-state index >= 15 is 0 Å². The van der Waals surface area contributed by atoms with Crippen molar-refractivity contribution in [1.82, 2.24) is 5.32 Å². The van der Waals surface area contributed by atoms with E-state index in [0.29, 0.717) is 17.3 Å². The summed E-state index contributed by atoms with van der Waals surface area (Å²) in [4.78, 5) is 26.0. The number of anilines is 1. The van der Waals surface area contributed by atoms with Crippen molar-refractivity contribution in [3.8, 4) is 0 Å². The maximum Gasteiger partial charge on any atom is 0.251 e. The van der Waals surface area contributed by atoms with Gasteiger partial charge in [-0.1, -0.05) is 41.4 Å². The number of hydrogen-bond acceptors (Lipinski definition) is 3. The first-order valence-electron chi connectivity index (χ1n) is 7.96. The number of nitrogens with zero attached hydrogens (tertiary/aromatic N) is 1. The molecule has 0 bridgehead atoms. The van der Waals surface area contributed by atoms with E-state index in [1.54, 1.807) is 12.1 Å². The van der Waals surface area contributed by atoms with Gasteiger partial charge in [0.15, 0.2) is 0 Å². The summed E-state index contributed by atoms with van der Waals surface area (Å²) in [5.74, 6) is -0.340. The second kappa shape index (κ2) is 7.16. The predicted molar refractivity (Wildman–Crippen MR) is 95.2 cm³/mol. The molecule has 1 fully saturated rings. The number of rotatable bonds is 5. The van der Waals surface area contributed by atoms with Crippen molar-refractivity contribution in [3.05, 3.63) is 64.7 Å². The van der Waals surface area contributed by atoms with Crippen molar-refractivity contribution in [2.75, 3.05) is 11.4 Å². The van der Waals surface area contributed by atoms with Crippen molar-refractivity contribution in [2.45, 2.75) is 25.8 Å². The van der Waals surface area contributed by atoms with Gasteiger partial charge in [0.2, 0.25) is 5.91 Å². The fourth-order valence-corrected chi connectivity index (χ4v) is 2.92. The molecule has 0 spiro atoms. The Morgan fingerprint density at radius 2 is 1.75 bits per heavy atom. The molecule has 1 aliphatic rings. The Hall–Kier alpha value is -2.17. The summed E-state index contributed by atoms with van der Waals surface area (Å²) in [5, 5.41) is 3.90. The Morgan fingerprint density at radius 3 is 2.42 bits per heavy atom. The number of nitrogens with one attached hydrogen (secondary N) is 1. The minimum absolute atomic E-state index is 0.159. The van der Waals surface area contributed by atoms with Crippen molar-refractivity contribution >= 4 is 29.1 Å². The van der Waals surface area contributed by atoms with E-state index in [0.717, 1.165) is 17.5 Å². The Morgan fingerprint density at radius 1 is 1.08 bits per heavy atom. The molecule has 0 saturated carbocycles. The molecule has 24 heavy (non-hydrogen) atoms. The maximum absolute atomic E-state index is 12.5. The van der Waals surface area contributed by atoms with E-state index in [9.17, 15) is 9.59 Å². The standard InChI is InChI=1S/C19H19ClN2O2/c1-13-2-8-16(9-3-13)22-18(23)12-17(19(22)24)21-11-10-14-4-6-15(20)7-5-14/h2-9,17,21H,10-12H2,1H3/t17-/m1/s1. The Bertz CT molecular complexity index is 741. The second-order valence-electron chi connectivity index (χ2n) is 5.99. The second-order valence-corrected chi connectivity index (χ2v) is 6.43.